The van der Waals surface area contributed by atoms with Gasteiger partial charge in [0.1, 0.15) is 0 Å². The Labute approximate surface area is 168 Å². The number of carbonyl (C=O) groups is 1. The Morgan fingerprint density at radius 3 is 2.20 bits per heavy atom. The molecule has 4 nitrogen and oxygen atoms in total. The topological polar surface area (TPSA) is 51.2 Å². The van der Waals surface area contributed by atoms with Crippen molar-refractivity contribution in [1.29, 1.82) is 0 Å². The van der Waals surface area contributed by atoms with Crippen LogP contribution in [0, 0.1) is 5.92 Å². The van der Waals surface area contributed by atoms with Gasteiger partial charge in [0.2, 0.25) is 5.91 Å². The largest absolute Gasteiger partial charge is 0.418 e. The van der Waals surface area contributed by atoms with E-state index in [1.165, 1.54) is 0 Å². The fraction of sp³-hybridized carbons (Fsp3) is 0.400. The van der Waals surface area contributed by atoms with Crippen molar-refractivity contribution in [1.82, 2.24) is 10.3 Å². The highest BCUT2D eigenvalue weighted by Gasteiger charge is 2.38. The zero-order valence-electron chi connectivity index (χ0n) is 15.6. The smallest absolute Gasteiger partial charge is 0.381 e. The Morgan fingerprint density at radius 1 is 1.00 bits per heavy atom. The molecule has 0 radical (unpaired) electrons. The normalized spacial score (nSPS) is 16.9. The van der Waals surface area contributed by atoms with Gasteiger partial charge >= 0.3 is 12.4 Å². The number of carbonyl (C=O) groups excluding carboxylic acids is 1. The molecule has 1 atom stereocenters. The lowest BCUT2D eigenvalue weighted by Gasteiger charge is -2.26. The number of nitrogens with zero attached hydrogens (tertiary/aromatic N) is 1. The van der Waals surface area contributed by atoms with Gasteiger partial charge in [-0.25, -0.2) is 0 Å². The molecule has 10 heteroatoms. The van der Waals surface area contributed by atoms with Crippen LogP contribution >= 0.6 is 0 Å². The summed E-state index contributed by atoms with van der Waals surface area (Å²) in [5.74, 6) is -0.962. The van der Waals surface area contributed by atoms with Crippen LogP contribution in [0.1, 0.15) is 41.3 Å². The van der Waals surface area contributed by atoms with Crippen molar-refractivity contribution >= 4 is 5.91 Å². The van der Waals surface area contributed by atoms with Crippen LogP contribution in [0.2, 0.25) is 0 Å². The van der Waals surface area contributed by atoms with Gasteiger partial charge in [-0.3, -0.25) is 9.78 Å². The Morgan fingerprint density at radius 2 is 1.63 bits per heavy atom. The highest BCUT2D eigenvalue weighted by Crippen LogP contribution is 2.36. The first-order valence-electron chi connectivity index (χ1n) is 9.15. The minimum Gasteiger partial charge on any atom is -0.381 e. The Hall–Kier alpha value is -2.62. The van der Waals surface area contributed by atoms with Gasteiger partial charge < -0.3 is 10.1 Å². The van der Waals surface area contributed by atoms with Crippen molar-refractivity contribution in [3.63, 3.8) is 0 Å². The number of halogens is 6. The SMILES string of the molecule is O=C(NC(c1ccc(C(F)(F)F)cc1)c1ncccc1C(F)(F)F)C1CCOCC1. The second-order valence-electron chi connectivity index (χ2n) is 6.88. The van der Waals surface area contributed by atoms with Crippen LogP contribution in [0.4, 0.5) is 26.3 Å². The molecule has 1 unspecified atom stereocenters. The van der Waals surface area contributed by atoms with Crippen molar-refractivity contribution in [3.05, 3.63) is 65.0 Å². The van der Waals surface area contributed by atoms with E-state index in [9.17, 15) is 31.1 Å². The molecular weight excluding hydrogens is 414 g/mol. The highest BCUT2D eigenvalue weighted by atomic mass is 19.4. The number of hydrogen-bond acceptors (Lipinski definition) is 3. The van der Waals surface area contributed by atoms with Crippen LogP contribution in [0.5, 0.6) is 0 Å². The van der Waals surface area contributed by atoms with Gasteiger partial charge in [-0.15, -0.1) is 0 Å². The number of hydrogen-bond donors (Lipinski definition) is 1. The number of nitrogens with one attached hydrogen (secondary N) is 1. The molecule has 1 amide bonds. The van der Waals surface area contributed by atoms with E-state index in [4.69, 9.17) is 4.74 Å². The van der Waals surface area contributed by atoms with Crippen LogP contribution < -0.4 is 5.32 Å². The molecule has 1 aromatic heterocycles. The second-order valence-corrected chi connectivity index (χ2v) is 6.88. The van der Waals surface area contributed by atoms with Gasteiger partial charge in [0, 0.05) is 25.3 Å². The zero-order chi connectivity index (χ0) is 21.9. The third-order valence-corrected chi connectivity index (χ3v) is 4.87. The number of alkyl halides is 6. The van der Waals surface area contributed by atoms with Gasteiger partial charge in [0.15, 0.2) is 0 Å². The average molecular weight is 432 g/mol. The molecule has 162 valence electrons. The van der Waals surface area contributed by atoms with E-state index in [1.807, 2.05) is 0 Å². The maximum atomic E-state index is 13.5. The van der Waals surface area contributed by atoms with Gasteiger partial charge in [0.25, 0.3) is 0 Å². The summed E-state index contributed by atoms with van der Waals surface area (Å²) in [6.45, 7) is 0.695. The van der Waals surface area contributed by atoms with Gasteiger partial charge in [-0.1, -0.05) is 12.1 Å². The number of benzene rings is 1. The van der Waals surface area contributed by atoms with Gasteiger partial charge in [0.05, 0.1) is 22.9 Å². The Balaban J connectivity index is 2.00. The summed E-state index contributed by atoms with van der Waals surface area (Å²) in [6.07, 6.45) is -7.40. The minimum absolute atomic E-state index is 0.0626. The van der Waals surface area contributed by atoms with Crippen molar-refractivity contribution in [2.75, 3.05) is 13.2 Å². The Bertz CT molecular complexity index is 874. The molecule has 2 aromatic rings. The molecule has 1 saturated heterocycles. The minimum atomic E-state index is -4.75. The number of amides is 1. The third kappa shape index (κ3) is 5.10. The predicted octanol–water partition coefficient (Wildman–Crippen LogP) is 4.75. The molecule has 1 aromatic carbocycles. The van der Waals surface area contributed by atoms with Crippen molar-refractivity contribution in [2.24, 2.45) is 5.92 Å². The van der Waals surface area contributed by atoms with Gasteiger partial charge in [-0.05, 0) is 42.7 Å². The lowest BCUT2D eigenvalue weighted by atomic mass is 9.95. The van der Waals surface area contributed by atoms with Crippen molar-refractivity contribution in [2.45, 2.75) is 31.2 Å². The van der Waals surface area contributed by atoms with E-state index < -0.39 is 47.0 Å². The number of ether oxygens (including phenoxy) is 1. The summed E-state index contributed by atoms with van der Waals surface area (Å²) in [6, 6.07) is 4.19. The maximum absolute atomic E-state index is 13.5. The summed E-state index contributed by atoms with van der Waals surface area (Å²) in [5.41, 5.74) is -2.43. The number of aromatic nitrogens is 1. The third-order valence-electron chi connectivity index (χ3n) is 4.87. The molecule has 1 N–H and O–H groups in total. The fourth-order valence-electron chi connectivity index (χ4n) is 3.28. The summed E-state index contributed by atoms with van der Waals surface area (Å²) in [5, 5.41) is 2.55. The standard InChI is InChI=1S/C20H18F6N2O2/c21-19(22,23)14-5-3-12(4-6-14)16(28-18(29)13-7-10-30-11-8-13)17-15(20(24,25)26)2-1-9-27-17/h1-6,9,13,16H,7-8,10-11H2,(H,28,29). The van der Waals surface area contributed by atoms with Crippen molar-refractivity contribution < 1.29 is 35.9 Å². The molecule has 1 aliphatic heterocycles. The molecule has 1 aliphatic rings. The molecule has 0 spiro atoms. The summed E-state index contributed by atoms with van der Waals surface area (Å²) < 4.78 is 84.4. The molecule has 1 fully saturated rings. The van der Waals surface area contributed by atoms with Crippen LogP contribution in [0.3, 0.4) is 0 Å². The maximum Gasteiger partial charge on any atom is 0.418 e. The van der Waals surface area contributed by atoms with Crippen LogP contribution in [-0.2, 0) is 21.9 Å². The van der Waals surface area contributed by atoms with E-state index in [0.717, 1.165) is 42.6 Å². The van der Waals surface area contributed by atoms with Crippen LogP contribution in [0.15, 0.2) is 42.6 Å². The molecule has 30 heavy (non-hydrogen) atoms. The monoisotopic (exact) mass is 432 g/mol. The molecular formula is C20H18F6N2O2. The van der Waals surface area contributed by atoms with Crippen LogP contribution in [-0.4, -0.2) is 24.1 Å². The lowest BCUT2D eigenvalue weighted by Crippen LogP contribution is -2.38. The summed E-state index contributed by atoms with van der Waals surface area (Å²) in [7, 11) is 0. The quantitative estimate of drug-likeness (QED) is 0.710. The predicted molar refractivity (Wildman–Crippen MR) is 94.2 cm³/mol. The average Bonchev–Trinajstić information content (AvgIpc) is 2.71. The summed E-state index contributed by atoms with van der Waals surface area (Å²) >= 11 is 0. The molecule has 0 saturated carbocycles. The van der Waals surface area contributed by atoms with E-state index in [2.05, 4.69) is 10.3 Å². The van der Waals surface area contributed by atoms with Crippen LogP contribution in [0.25, 0.3) is 0 Å². The summed E-state index contributed by atoms with van der Waals surface area (Å²) in [4.78, 5) is 16.5. The number of rotatable bonds is 4. The van der Waals surface area contributed by atoms with Crippen molar-refractivity contribution in [3.8, 4) is 0 Å². The first-order chi connectivity index (χ1) is 14.1. The lowest BCUT2D eigenvalue weighted by molar-refractivity contribution is -0.139. The molecule has 3 rings (SSSR count). The van der Waals surface area contributed by atoms with E-state index in [1.54, 1.807) is 0 Å². The first-order valence-corrected chi connectivity index (χ1v) is 9.15. The van der Waals surface area contributed by atoms with E-state index in [-0.39, 0.29) is 5.56 Å². The first kappa shape index (κ1) is 22.1. The molecule has 2 heterocycles. The van der Waals surface area contributed by atoms with E-state index in [0.29, 0.717) is 26.1 Å². The Kier molecular flexibility index (Phi) is 6.35. The highest BCUT2D eigenvalue weighted by molar-refractivity contribution is 5.79. The zero-order valence-corrected chi connectivity index (χ0v) is 15.6. The second kappa shape index (κ2) is 8.63. The van der Waals surface area contributed by atoms with Gasteiger partial charge in [-0.2, -0.15) is 26.3 Å². The number of pyridine rings is 1. The fourth-order valence-corrected chi connectivity index (χ4v) is 3.28. The molecule has 0 aliphatic carbocycles. The molecule has 0 bridgehead atoms. The van der Waals surface area contributed by atoms with E-state index >= 15 is 0 Å².